The van der Waals surface area contributed by atoms with Crippen molar-refractivity contribution < 1.29 is 14.4 Å². The van der Waals surface area contributed by atoms with Crippen molar-refractivity contribution in [3.8, 4) is 0 Å². The van der Waals surface area contributed by atoms with E-state index in [1.165, 1.54) is 22.8 Å². The van der Waals surface area contributed by atoms with E-state index in [-0.39, 0.29) is 5.82 Å². The number of fused-ring (bicyclic) bond motifs is 1. The average Bonchev–Trinajstić information content (AvgIpc) is 2.46. The number of hydrogen-bond donors (Lipinski definition) is 2. The van der Waals surface area contributed by atoms with Crippen molar-refractivity contribution in [3.63, 3.8) is 0 Å². The molecular formula is C8H5BFIO2S. The van der Waals surface area contributed by atoms with Gasteiger partial charge in [-0.25, -0.2) is 4.39 Å². The van der Waals surface area contributed by atoms with Gasteiger partial charge in [-0.05, 0) is 40.2 Å². The zero-order valence-electron chi connectivity index (χ0n) is 6.87. The second kappa shape index (κ2) is 3.76. The lowest BCUT2D eigenvalue weighted by molar-refractivity contribution is 0.425. The van der Waals surface area contributed by atoms with Crippen LogP contribution in [-0.4, -0.2) is 17.2 Å². The monoisotopic (exact) mass is 322 g/mol. The highest BCUT2D eigenvalue weighted by atomic mass is 127. The molecule has 0 aliphatic heterocycles. The number of halogens is 2. The first kappa shape index (κ1) is 10.3. The van der Waals surface area contributed by atoms with Crippen LogP contribution in [0, 0.1) is 9.39 Å². The molecular weight excluding hydrogens is 317 g/mol. The fourth-order valence-corrected chi connectivity index (χ4v) is 3.02. The van der Waals surface area contributed by atoms with Crippen molar-refractivity contribution in [2.45, 2.75) is 0 Å². The summed E-state index contributed by atoms with van der Waals surface area (Å²) in [6, 6.07) is 3.23. The average molecular weight is 322 g/mol. The molecule has 0 radical (unpaired) electrons. The summed E-state index contributed by atoms with van der Waals surface area (Å²) in [6.07, 6.45) is 0. The highest BCUT2D eigenvalue weighted by Crippen LogP contribution is 2.25. The number of hydrogen-bond acceptors (Lipinski definition) is 3. The van der Waals surface area contributed by atoms with Gasteiger partial charge in [0.15, 0.2) is 0 Å². The van der Waals surface area contributed by atoms with Gasteiger partial charge in [0.2, 0.25) is 0 Å². The molecule has 14 heavy (non-hydrogen) atoms. The summed E-state index contributed by atoms with van der Waals surface area (Å²) in [5.41, 5.74) is 0.343. The molecule has 0 unspecified atom stereocenters. The van der Waals surface area contributed by atoms with Gasteiger partial charge in [0.25, 0.3) is 0 Å². The third-order valence-electron chi connectivity index (χ3n) is 1.92. The highest BCUT2D eigenvalue weighted by Gasteiger charge is 2.17. The van der Waals surface area contributed by atoms with Crippen molar-refractivity contribution in [1.82, 2.24) is 0 Å². The smallest absolute Gasteiger partial charge is 0.423 e. The molecule has 2 nitrogen and oxygen atoms in total. The molecule has 0 saturated carbocycles. The van der Waals surface area contributed by atoms with E-state index < -0.39 is 7.12 Å². The Kier molecular flexibility index (Phi) is 2.78. The summed E-state index contributed by atoms with van der Waals surface area (Å²) in [7, 11) is -1.55. The maximum Gasteiger partial charge on any atom is 0.489 e. The van der Waals surface area contributed by atoms with Crippen molar-refractivity contribution in [1.29, 1.82) is 0 Å². The van der Waals surface area contributed by atoms with Crippen LogP contribution in [0.2, 0.25) is 0 Å². The summed E-state index contributed by atoms with van der Waals surface area (Å²) >= 11 is 3.30. The third-order valence-corrected chi connectivity index (χ3v) is 3.77. The van der Waals surface area contributed by atoms with Gasteiger partial charge in [-0.1, -0.05) is 0 Å². The van der Waals surface area contributed by atoms with Crippen LogP contribution in [0.15, 0.2) is 17.5 Å². The predicted molar refractivity (Wildman–Crippen MR) is 64.3 cm³/mol. The summed E-state index contributed by atoms with van der Waals surface area (Å²) in [6.45, 7) is 0. The molecule has 0 spiro atoms. The number of rotatable bonds is 1. The van der Waals surface area contributed by atoms with Crippen molar-refractivity contribution in [2.24, 2.45) is 0 Å². The predicted octanol–water partition coefficient (Wildman–Crippen LogP) is 1.32. The van der Waals surface area contributed by atoms with Crippen LogP contribution in [-0.2, 0) is 0 Å². The molecule has 6 heteroatoms. The molecule has 2 rings (SSSR count). The summed E-state index contributed by atoms with van der Waals surface area (Å²) in [4.78, 5) is 0. The minimum absolute atomic E-state index is 0.316. The van der Waals surface area contributed by atoms with Gasteiger partial charge in [-0.2, -0.15) is 0 Å². The van der Waals surface area contributed by atoms with E-state index in [0.29, 0.717) is 10.8 Å². The van der Waals surface area contributed by atoms with E-state index in [1.807, 2.05) is 22.6 Å². The molecule has 2 N–H and O–H groups in total. The normalized spacial score (nSPS) is 10.9. The lowest BCUT2D eigenvalue weighted by Gasteiger charge is -2.02. The van der Waals surface area contributed by atoms with E-state index in [2.05, 4.69) is 0 Å². The molecule has 72 valence electrons. The molecule has 0 aliphatic carbocycles. The lowest BCUT2D eigenvalue weighted by atomic mass is 9.80. The van der Waals surface area contributed by atoms with Gasteiger partial charge in [0.1, 0.15) is 5.82 Å². The Labute approximate surface area is 97.7 Å². The van der Waals surface area contributed by atoms with E-state index >= 15 is 0 Å². The maximum atomic E-state index is 13.2. The fraction of sp³-hybridized carbons (Fsp3) is 0. The lowest BCUT2D eigenvalue weighted by Crippen LogP contribution is -2.32. The third kappa shape index (κ3) is 1.67. The first-order valence-corrected chi connectivity index (χ1v) is 5.77. The molecule has 0 amide bonds. The van der Waals surface area contributed by atoms with Crippen LogP contribution in [0.3, 0.4) is 0 Å². The standard InChI is InChI=1S/C8H5BFIO2S/c10-6-3-14-8-2-7(11)5(9(12)13)1-4(6)8/h1-3,12-13H. The molecule has 1 aromatic carbocycles. The topological polar surface area (TPSA) is 40.5 Å². The molecule has 0 bridgehead atoms. The summed E-state index contributed by atoms with van der Waals surface area (Å²) < 4.78 is 14.7. The Hall–Kier alpha value is -0.175. The minimum atomic E-state index is -1.55. The second-order valence-electron chi connectivity index (χ2n) is 2.83. The zero-order valence-corrected chi connectivity index (χ0v) is 9.84. The van der Waals surface area contributed by atoms with Crippen LogP contribution in [0.4, 0.5) is 4.39 Å². The summed E-state index contributed by atoms with van der Waals surface area (Å²) in [5.74, 6) is -0.316. The van der Waals surface area contributed by atoms with Crippen molar-refractivity contribution in [2.75, 3.05) is 0 Å². The van der Waals surface area contributed by atoms with Gasteiger partial charge in [-0.15, -0.1) is 11.3 Å². The van der Waals surface area contributed by atoms with Crippen molar-refractivity contribution in [3.05, 3.63) is 26.9 Å². The Balaban J connectivity index is 2.74. The first-order valence-electron chi connectivity index (χ1n) is 3.82. The van der Waals surface area contributed by atoms with Crippen LogP contribution in [0.25, 0.3) is 10.1 Å². The Morgan fingerprint density at radius 1 is 1.36 bits per heavy atom. The van der Waals surface area contributed by atoms with Crippen LogP contribution in [0.5, 0.6) is 0 Å². The van der Waals surface area contributed by atoms with E-state index in [9.17, 15) is 4.39 Å². The largest absolute Gasteiger partial charge is 0.489 e. The van der Waals surface area contributed by atoms with E-state index in [4.69, 9.17) is 10.0 Å². The Morgan fingerprint density at radius 3 is 2.71 bits per heavy atom. The Bertz CT molecular complexity index is 485. The second-order valence-corrected chi connectivity index (χ2v) is 4.90. The van der Waals surface area contributed by atoms with E-state index in [1.54, 1.807) is 6.07 Å². The van der Waals surface area contributed by atoms with Gasteiger partial charge in [0.05, 0.1) is 0 Å². The fourth-order valence-electron chi connectivity index (χ4n) is 1.23. The first-order chi connectivity index (χ1) is 6.59. The number of benzene rings is 1. The van der Waals surface area contributed by atoms with Crippen LogP contribution < -0.4 is 5.46 Å². The molecule has 0 atom stereocenters. The molecule has 2 aromatic rings. The Morgan fingerprint density at radius 2 is 2.07 bits per heavy atom. The molecule has 0 fully saturated rings. The van der Waals surface area contributed by atoms with Crippen LogP contribution >= 0.6 is 33.9 Å². The quantitative estimate of drug-likeness (QED) is 0.614. The maximum absolute atomic E-state index is 13.2. The SMILES string of the molecule is OB(O)c1cc2c(F)csc2cc1I. The molecule has 0 saturated heterocycles. The highest BCUT2D eigenvalue weighted by molar-refractivity contribution is 14.1. The van der Waals surface area contributed by atoms with Gasteiger partial charge in [-0.3, -0.25) is 0 Å². The van der Waals surface area contributed by atoms with Crippen LogP contribution in [0.1, 0.15) is 0 Å². The summed E-state index contributed by atoms with van der Waals surface area (Å²) in [5, 5.41) is 19.9. The number of thiophene rings is 1. The molecule has 0 aliphatic rings. The van der Waals surface area contributed by atoms with E-state index in [0.717, 1.165) is 8.27 Å². The minimum Gasteiger partial charge on any atom is -0.423 e. The zero-order chi connectivity index (χ0) is 10.3. The van der Waals surface area contributed by atoms with Gasteiger partial charge < -0.3 is 10.0 Å². The molecule has 1 heterocycles. The van der Waals surface area contributed by atoms with Gasteiger partial charge in [0, 0.05) is 19.0 Å². The van der Waals surface area contributed by atoms with Crippen molar-refractivity contribution >= 4 is 56.6 Å². The van der Waals surface area contributed by atoms with Gasteiger partial charge >= 0.3 is 7.12 Å². The molecule has 1 aromatic heterocycles.